The fraction of sp³-hybridized carbons (Fsp3) is 0.500. The van der Waals surface area contributed by atoms with Gasteiger partial charge in [-0.25, -0.2) is 9.98 Å². The average molecular weight is 426 g/mol. The molecule has 0 amide bonds. The van der Waals surface area contributed by atoms with Gasteiger partial charge in [-0.2, -0.15) is 0 Å². The molecule has 1 aromatic heterocycles. The smallest absolute Gasteiger partial charge is 0.219 e. The second-order valence-corrected chi connectivity index (χ2v) is 7.74. The monoisotopic (exact) mass is 425 g/mol. The molecule has 7 heteroatoms. The van der Waals surface area contributed by atoms with E-state index in [9.17, 15) is 0 Å². The maximum Gasteiger partial charge on any atom is 0.219 e. The summed E-state index contributed by atoms with van der Waals surface area (Å²) in [6.07, 6.45) is 5.35. The molecule has 0 bridgehead atoms. The SMILES string of the molecule is CCCN1CCC(NC(=NCc2ccc(Oc3ccc(OC)cc3)nc2)NCC)CC1. The van der Waals surface area contributed by atoms with E-state index in [4.69, 9.17) is 14.5 Å². The van der Waals surface area contributed by atoms with Crippen molar-refractivity contribution in [3.05, 3.63) is 48.2 Å². The van der Waals surface area contributed by atoms with Crippen LogP contribution < -0.4 is 20.1 Å². The number of aliphatic imine (C=N–C) groups is 1. The van der Waals surface area contributed by atoms with Gasteiger partial charge in [-0.1, -0.05) is 13.0 Å². The zero-order valence-electron chi connectivity index (χ0n) is 18.9. The predicted octanol–water partition coefficient (Wildman–Crippen LogP) is 3.81. The summed E-state index contributed by atoms with van der Waals surface area (Å²) >= 11 is 0. The van der Waals surface area contributed by atoms with Crippen molar-refractivity contribution < 1.29 is 9.47 Å². The van der Waals surface area contributed by atoms with Crippen LogP contribution in [0.2, 0.25) is 0 Å². The second kappa shape index (κ2) is 12.2. The number of aromatic nitrogens is 1. The Bertz CT molecular complexity index is 800. The Labute approximate surface area is 185 Å². The van der Waals surface area contributed by atoms with Crippen molar-refractivity contribution in [2.45, 2.75) is 45.7 Å². The largest absolute Gasteiger partial charge is 0.497 e. The first kappa shape index (κ1) is 22.9. The van der Waals surface area contributed by atoms with Crippen LogP contribution in [0.1, 0.15) is 38.7 Å². The maximum absolute atomic E-state index is 5.79. The van der Waals surface area contributed by atoms with Gasteiger partial charge in [0.1, 0.15) is 11.5 Å². The maximum atomic E-state index is 5.79. The molecule has 1 fully saturated rings. The third-order valence-corrected chi connectivity index (χ3v) is 5.31. The standard InChI is InChI=1S/C24H35N5O2/c1-4-14-29-15-12-20(13-16-29)28-24(25-5-2)27-18-19-6-11-23(26-17-19)31-22-9-7-21(30-3)8-10-22/h6-11,17,20H,4-5,12-16,18H2,1-3H3,(H2,25,27,28). The van der Waals surface area contributed by atoms with E-state index >= 15 is 0 Å². The molecule has 0 unspecified atom stereocenters. The molecule has 1 saturated heterocycles. The van der Waals surface area contributed by atoms with E-state index in [2.05, 4.69) is 34.4 Å². The van der Waals surface area contributed by atoms with Crippen LogP contribution in [-0.2, 0) is 6.54 Å². The van der Waals surface area contributed by atoms with Crippen LogP contribution >= 0.6 is 0 Å². The number of hydrogen-bond donors (Lipinski definition) is 2. The molecular weight excluding hydrogens is 390 g/mol. The number of nitrogens with one attached hydrogen (secondary N) is 2. The summed E-state index contributed by atoms with van der Waals surface area (Å²) in [4.78, 5) is 11.7. The van der Waals surface area contributed by atoms with E-state index in [1.807, 2.05) is 42.6 Å². The molecule has 0 saturated carbocycles. The van der Waals surface area contributed by atoms with Gasteiger partial charge in [-0.05, 0) is 62.6 Å². The van der Waals surface area contributed by atoms with Crippen molar-refractivity contribution in [1.29, 1.82) is 0 Å². The fourth-order valence-corrected chi connectivity index (χ4v) is 3.63. The first-order valence-corrected chi connectivity index (χ1v) is 11.2. The lowest BCUT2D eigenvalue weighted by Crippen LogP contribution is -2.48. The lowest BCUT2D eigenvalue weighted by molar-refractivity contribution is 0.206. The van der Waals surface area contributed by atoms with E-state index in [-0.39, 0.29) is 0 Å². The molecule has 1 aliphatic rings. The van der Waals surface area contributed by atoms with E-state index in [1.54, 1.807) is 7.11 Å². The number of likely N-dealkylation sites (tertiary alicyclic amines) is 1. The Morgan fingerprint density at radius 2 is 1.84 bits per heavy atom. The Balaban J connectivity index is 1.51. The molecule has 1 aromatic carbocycles. The zero-order chi connectivity index (χ0) is 21.9. The molecule has 0 atom stereocenters. The lowest BCUT2D eigenvalue weighted by Gasteiger charge is -2.32. The van der Waals surface area contributed by atoms with Gasteiger partial charge in [0.25, 0.3) is 0 Å². The summed E-state index contributed by atoms with van der Waals surface area (Å²) in [5.41, 5.74) is 1.04. The van der Waals surface area contributed by atoms with E-state index in [1.165, 1.54) is 13.0 Å². The first-order chi connectivity index (χ1) is 15.2. The van der Waals surface area contributed by atoms with Gasteiger partial charge in [0, 0.05) is 37.9 Å². The molecule has 31 heavy (non-hydrogen) atoms. The molecule has 2 heterocycles. The second-order valence-electron chi connectivity index (χ2n) is 7.74. The minimum absolute atomic E-state index is 0.476. The third kappa shape index (κ3) is 7.43. The number of ether oxygens (including phenoxy) is 2. The number of piperidine rings is 1. The summed E-state index contributed by atoms with van der Waals surface area (Å²) in [5, 5.41) is 6.96. The molecular formula is C24H35N5O2. The molecule has 0 radical (unpaired) electrons. The number of methoxy groups -OCH3 is 1. The molecule has 1 aliphatic heterocycles. The molecule has 2 aromatic rings. The van der Waals surface area contributed by atoms with Crippen LogP contribution in [0.5, 0.6) is 17.4 Å². The van der Waals surface area contributed by atoms with Gasteiger partial charge in [0.05, 0.1) is 13.7 Å². The van der Waals surface area contributed by atoms with Crippen LogP contribution in [0.15, 0.2) is 47.6 Å². The molecule has 7 nitrogen and oxygen atoms in total. The van der Waals surface area contributed by atoms with Crippen molar-refractivity contribution in [3.63, 3.8) is 0 Å². The summed E-state index contributed by atoms with van der Waals surface area (Å²) in [7, 11) is 1.64. The summed E-state index contributed by atoms with van der Waals surface area (Å²) in [5.74, 6) is 2.95. The number of hydrogen-bond acceptors (Lipinski definition) is 5. The van der Waals surface area contributed by atoms with Crippen LogP contribution in [0.25, 0.3) is 0 Å². The number of rotatable bonds is 9. The Kier molecular flexibility index (Phi) is 8.97. The normalized spacial score (nSPS) is 15.5. The van der Waals surface area contributed by atoms with Crippen LogP contribution in [-0.4, -0.2) is 55.2 Å². The Morgan fingerprint density at radius 3 is 2.45 bits per heavy atom. The van der Waals surface area contributed by atoms with Gasteiger partial charge in [-0.15, -0.1) is 0 Å². The molecule has 3 rings (SSSR count). The summed E-state index contributed by atoms with van der Waals surface area (Å²) < 4.78 is 11.0. The van der Waals surface area contributed by atoms with Crippen molar-refractivity contribution >= 4 is 5.96 Å². The Hall–Kier alpha value is -2.80. The number of benzene rings is 1. The van der Waals surface area contributed by atoms with Gasteiger partial charge in [-0.3, -0.25) is 0 Å². The average Bonchev–Trinajstić information content (AvgIpc) is 2.80. The molecule has 2 N–H and O–H groups in total. The summed E-state index contributed by atoms with van der Waals surface area (Å²) in [6, 6.07) is 11.8. The van der Waals surface area contributed by atoms with Gasteiger partial charge >= 0.3 is 0 Å². The van der Waals surface area contributed by atoms with E-state index < -0.39 is 0 Å². The molecule has 0 spiro atoms. The van der Waals surface area contributed by atoms with E-state index in [0.717, 1.165) is 55.5 Å². The highest BCUT2D eigenvalue weighted by molar-refractivity contribution is 5.80. The minimum atomic E-state index is 0.476. The topological polar surface area (TPSA) is 71.0 Å². The highest BCUT2D eigenvalue weighted by Crippen LogP contribution is 2.22. The highest BCUT2D eigenvalue weighted by atomic mass is 16.5. The van der Waals surface area contributed by atoms with Crippen LogP contribution in [0, 0.1) is 0 Å². The van der Waals surface area contributed by atoms with E-state index in [0.29, 0.717) is 18.5 Å². The van der Waals surface area contributed by atoms with Crippen molar-refractivity contribution in [1.82, 2.24) is 20.5 Å². The van der Waals surface area contributed by atoms with Crippen molar-refractivity contribution in [3.8, 4) is 17.4 Å². The van der Waals surface area contributed by atoms with Crippen LogP contribution in [0.4, 0.5) is 0 Å². The van der Waals surface area contributed by atoms with Crippen molar-refractivity contribution in [2.75, 3.05) is 33.3 Å². The van der Waals surface area contributed by atoms with Gasteiger partial charge in [0.2, 0.25) is 5.88 Å². The quantitative estimate of drug-likeness (QED) is 0.470. The lowest BCUT2D eigenvalue weighted by atomic mass is 10.1. The fourth-order valence-electron chi connectivity index (χ4n) is 3.63. The molecule has 168 valence electrons. The van der Waals surface area contributed by atoms with Gasteiger partial charge in [0.15, 0.2) is 5.96 Å². The Morgan fingerprint density at radius 1 is 1.10 bits per heavy atom. The number of pyridine rings is 1. The van der Waals surface area contributed by atoms with Crippen molar-refractivity contribution in [2.24, 2.45) is 4.99 Å². The zero-order valence-corrected chi connectivity index (χ0v) is 18.9. The number of nitrogens with zero attached hydrogens (tertiary/aromatic N) is 3. The number of guanidine groups is 1. The highest BCUT2D eigenvalue weighted by Gasteiger charge is 2.19. The van der Waals surface area contributed by atoms with Gasteiger partial charge < -0.3 is 25.0 Å². The minimum Gasteiger partial charge on any atom is -0.497 e. The first-order valence-electron chi connectivity index (χ1n) is 11.2. The van der Waals surface area contributed by atoms with Crippen LogP contribution in [0.3, 0.4) is 0 Å². The third-order valence-electron chi connectivity index (χ3n) is 5.31. The predicted molar refractivity (Wildman–Crippen MR) is 125 cm³/mol. The molecule has 0 aliphatic carbocycles. The summed E-state index contributed by atoms with van der Waals surface area (Å²) in [6.45, 7) is 9.26.